The van der Waals surface area contributed by atoms with Crippen LogP contribution in [0.2, 0.25) is 0 Å². The van der Waals surface area contributed by atoms with Crippen LogP contribution < -0.4 is 15.4 Å². The van der Waals surface area contributed by atoms with Gasteiger partial charge in [-0.15, -0.1) is 0 Å². The number of anilines is 1. The summed E-state index contributed by atoms with van der Waals surface area (Å²) < 4.78 is 5.38. The molecule has 1 amide bonds. The number of hydrogen-bond acceptors (Lipinski definition) is 5. The fraction of sp³-hybridized carbons (Fsp3) is 0.476. The van der Waals surface area contributed by atoms with Gasteiger partial charge in [-0.05, 0) is 61.8 Å². The molecule has 2 heterocycles. The van der Waals surface area contributed by atoms with E-state index in [9.17, 15) is 4.79 Å². The molecular formula is C21H24N4O2. The van der Waals surface area contributed by atoms with E-state index in [2.05, 4.69) is 27.8 Å². The third-order valence-electron chi connectivity index (χ3n) is 5.82. The summed E-state index contributed by atoms with van der Waals surface area (Å²) in [6.45, 7) is 0.644. The topological polar surface area (TPSA) is 76.1 Å². The van der Waals surface area contributed by atoms with Crippen molar-refractivity contribution in [2.24, 2.45) is 0 Å². The molecule has 3 aliphatic rings. The molecule has 5 rings (SSSR count). The maximum absolute atomic E-state index is 12.4. The predicted octanol–water partition coefficient (Wildman–Crippen LogP) is 3.14. The lowest BCUT2D eigenvalue weighted by molar-refractivity contribution is 0.0940. The summed E-state index contributed by atoms with van der Waals surface area (Å²) in [5.74, 6) is 2.91. The van der Waals surface area contributed by atoms with Crippen LogP contribution >= 0.6 is 0 Å². The second-order valence-corrected chi connectivity index (χ2v) is 7.69. The molecule has 0 spiro atoms. The van der Waals surface area contributed by atoms with Crippen LogP contribution in [0.3, 0.4) is 0 Å². The van der Waals surface area contributed by atoms with E-state index in [0.29, 0.717) is 18.2 Å². The number of benzene rings is 1. The van der Waals surface area contributed by atoms with E-state index in [1.165, 1.54) is 11.1 Å². The minimum atomic E-state index is -0.0719. The molecule has 0 radical (unpaired) electrons. The maximum atomic E-state index is 12.4. The Kier molecular flexibility index (Phi) is 3.99. The quantitative estimate of drug-likeness (QED) is 0.872. The number of nitrogens with zero attached hydrogens (tertiary/aromatic N) is 2. The molecule has 1 saturated carbocycles. The highest BCUT2D eigenvalue weighted by Crippen LogP contribution is 2.40. The van der Waals surface area contributed by atoms with Crippen LogP contribution in [0.5, 0.6) is 5.75 Å². The molecule has 6 heteroatoms. The van der Waals surface area contributed by atoms with Gasteiger partial charge in [0, 0.05) is 18.0 Å². The highest BCUT2D eigenvalue weighted by molar-refractivity contribution is 5.96. The largest absolute Gasteiger partial charge is 0.497 e. The molecule has 2 N–H and O–H groups in total. The molecule has 140 valence electrons. The normalized spacial score (nSPS) is 21.1. The van der Waals surface area contributed by atoms with Crippen LogP contribution in [0.15, 0.2) is 18.2 Å². The van der Waals surface area contributed by atoms with Gasteiger partial charge in [-0.2, -0.15) is 0 Å². The van der Waals surface area contributed by atoms with Crippen molar-refractivity contribution in [3.63, 3.8) is 0 Å². The van der Waals surface area contributed by atoms with Gasteiger partial charge in [0.05, 0.1) is 13.2 Å². The summed E-state index contributed by atoms with van der Waals surface area (Å²) in [7, 11) is 1.71. The summed E-state index contributed by atoms with van der Waals surface area (Å²) >= 11 is 0. The predicted molar refractivity (Wildman–Crippen MR) is 102 cm³/mol. The number of nitrogens with one attached hydrogen (secondary N) is 2. The molecule has 1 atom stereocenters. The SMILES string of the molecule is COc1ccc2c(c1)CCCC2Nc1nc(C2CC2)nc2c1CCNC2=O. The molecule has 2 aromatic rings. The summed E-state index contributed by atoms with van der Waals surface area (Å²) in [6, 6.07) is 6.53. The Bertz CT molecular complexity index is 907. The van der Waals surface area contributed by atoms with Crippen molar-refractivity contribution in [2.45, 2.75) is 50.5 Å². The lowest BCUT2D eigenvalue weighted by Crippen LogP contribution is -2.34. The number of methoxy groups -OCH3 is 1. The van der Waals surface area contributed by atoms with Crippen LogP contribution in [0, 0.1) is 0 Å². The van der Waals surface area contributed by atoms with Crippen LogP contribution in [0.4, 0.5) is 5.82 Å². The van der Waals surface area contributed by atoms with Crippen molar-refractivity contribution in [3.8, 4) is 5.75 Å². The Morgan fingerprint density at radius 2 is 2.07 bits per heavy atom. The molecule has 27 heavy (non-hydrogen) atoms. The zero-order valence-corrected chi connectivity index (χ0v) is 15.5. The van der Waals surface area contributed by atoms with Crippen molar-refractivity contribution in [2.75, 3.05) is 19.0 Å². The second-order valence-electron chi connectivity index (χ2n) is 7.69. The van der Waals surface area contributed by atoms with Crippen LogP contribution in [-0.4, -0.2) is 29.5 Å². The fourth-order valence-electron chi connectivity index (χ4n) is 4.19. The lowest BCUT2D eigenvalue weighted by atomic mass is 9.87. The first-order valence-electron chi connectivity index (χ1n) is 9.85. The summed E-state index contributed by atoms with van der Waals surface area (Å²) in [5, 5.41) is 6.59. The number of ether oxygens (including phenoxy) is 1. The molecule has 1 aromatic heterocycles. The van der Waals surface area contributed by atoms with Crippen LogP contribution in [0.1, 0.15) is 70.6 Å². The van der Waals surface area contributed by atoms with Crippen molar-refractivity contribution >= 4 is 11.7 Å². The van der Waals surface area contributed by atoms with Gasteiger partial charge in [0.25, 0.3) is 5.91 Å². The van der Waals surface area contributed by atoms with Crippen molar-refractivity contribution in [1.82, 2.24) is 15.3 Å². The van der Waals surface area contributed by atoms with Gasteiger partial charge in [0.1, 0.15) is 23.1 Å². The van der Waals surface area contributed by atoms with Crippen molar-refractivity contribution < 1.29 is 9.53 Å². The van der Waals surface area contributed by atoms with E-state index in [1.807, 2.05) is 6.07 Å². The van der Waals surface area contributed by atoms with Crippen molar-refractivity contribution in [3.05, 3.63) is 46.4 Å². The minimum Gasteiger partial charge on any atom is -0.497 e. The van der Waals surface area contributed by atoms with Gasteiger partial charge < -0.3 is 15.4 Å². The number of carbonyl (C=O) groups excluding carboxylic acids is 1. The van der Waals surface area contributed by atoms with E-state index in [4.69, 9.17) is 9.72 Å². The zero-order chi connectivity index (χ0) is 18.4. The van der Waals surface area contributed by atoms with Gasteiger partial charge in [-0.3, -0.25) is 4.79 Å². The lowest BCUT2D eigenvalue weighted by Gasteiger charge is -2.29. The summed E-state index contributed by atoms with van der Waals surface area (Å²) in [4.78, 5) is 21.8. The van der Waals surface area contributed by atoms with E-state index in [1.54, 1.807) is 7.11 Å². The van der Waals surface area contributed by atoms with Crippen LogP contribution in [0.25, 0.3) is 0 Å². The summed E-state index contributed by atoms with van der Waals surface area (Å²) in [6.07, 6.45) is 6.26. The maximum Gasteiger partial charge on any atom is 0.270 e. The first-order chi connectivity index (χ1) is 13.2. The average Bonchev–Trinajstić information content (AvgIpc) is 3.53. The summed E-state index contributed by atoms with van der Waals surface area (Å²) in [5.41, 5.74) is 4.17. The Hall–Kier alpha value is -2.63. The Morgan fingerprint density at radius 3 is 2.89 bits per heavy atom. The standard InChI is InChI=1S/C21H24N4O2/c1-27-14-7-8-15-13(11-14)3-2-4-17(15)23-20-16-9-10-22-21(26)18(16)24-19(25-20)12-5-6-12/h7-8,11-12,17H,2-6,9-10H2,1H3,(H,22,26)(H,23,24,25). The number of hydrogen-bond donors (Lipinski definition) is 2. The Morgan fingerprint density at radius 1 is 1.19 bits per heavy atom. The van der Waals surface area contributed by atoms with E-state index in [-0.39, 0.29) is 11.9 Å². The average molecular weight is 364 g/mol. The molecule has 1 unspecified atom stereocenters. The number of carbonyl (C=O) groups is 1. The number of aromatic nitrogens is 2. The molecular weight excluding hydrogens is 340 g/mol. The fourth-order valence-corrected chi connectivity index (χ4v) is 4.19. The molecule has 2 aliphatic carbocycles. The number of amides is 1. The van der Waals surface area contributed by atoms with Gasteiger partial charge in [0.15, 0.2) is 0 Å². The van der Waals surface area contributed by atoms with E-state index >= 15 is 0 Å². The molecule has 1 aliphatic heterocycles. The van der Waals surface area contributed by atoms with E-state index < -0.39 is 0 Å². The van der Waals surface area contributed by atoms with Gasteiger partial charge in [-0.1, -0.05) is 6.07 Å². The highest BCUT2D eigenvalue weighted by atomic mass is 16.5. The third kappa shape index (κ3) is 3.03. The first-order valence-corrected chi connectivity index (χ1v) is 9.85. The molecule has 1 aromatic carbocycles. The smallest absolute Gasteiger partial charge is 0.270 e. The first kappa shape index (κ1) is 16.5. The molecule has 0 saturated heterocycles. The van der Waals surface area contributed by atoms with Crippen molar-refractivity contribution in [1.29, 1.82) is 0 Å². The minimum absolute atomic E-state index is 0.0719. The Labute approximate surface area is 158 Å². The monoisotopic (exact) mass is 364 g/mol. The molecule has 1 fully saturated rings. The zero-order valence-electron chi connectivity index (χ0n) is 15.5. The molecule has 0 bridgehead atoms. The Balaban J connectivity index is 1.52. The number of aryl methyl sites for hydroxylation is 1. The van der Waals surface area contributed by atoms with E-state index in [0.717, 1.165) is 61.5 Å². The second kappa shape index (κ2) is 6.51. The third-order valence-corrected chi connectivity index (χ3v) is 5.82. The van der Waals surface area contributed by atoms with Gasteiger partial charge >= 0.3 is 0 Å². The number of fused-ring (bicyclic) bond motifs is 2. The van der Waals surface area contributed by atoms with Gasteiger partial charge in [0.2, 0.25) is 0 Å². The van der Waals surface area contributed by atoms with Crippen LogP contribution in [-0.2, 0) is 12.8 Å². The van der Waals surface area contributed by atoms with Gasteiger partial charge in [-0.25, -0.2) is 9.97 Å². The molecule has 6 nitrogen and oxygen atoms in total. The number of rotatable bonds is 4. The highest BCUT2D eigenvalue weighted by Gasteiger charge is 2.32.